The van der Waals surface area contributed by atoms with Crippen molar-refractivity contribution >= 4 is 17.6 Å². The molecular formula is C12H16F2N2S. The van der Waals surface area contributed by atoms with Gasteiger partial charge < -0.3 is 5.73 Å². The first-order valence-corrected chi connectivity index (χ1v) is 6.72. The molecule has 1 heterocycles. The highest BCUT2D eigenvalue weighted by atomic mass is 32.2. The van der Waals surface area contributed by atoms with E-state index < -0.39 is 11.6 Å². The predicted octanol–water partition coefficient (Wildman–Crippen LogP) is 3.61. The third kappa shape index (κ3) is 3.09. The van der Waals surface area contributed by atoms with E-state index in [0.717, 1.165) is 25.3 Å². The molecule has 0 aromatic carbocycles. The highest BCUT2D eigenvalue weighted by molar-refractivity contribution is 7.99. The first-order chi connectivity index (χ1) is 8.06. The van der Waals surface area contributed by atoms with Crippen LogP contribution in [0.3, 0.4) is 0 Å². The highest BCUT2D eigenvalue weighted by Gasteiger charge is 2.22. The van der Waals surface area contributed by atoms with Crippen molar-refractivity contribution in [3.05, 3.63) is 17.7 Å². The van der Waals surface area contributed by atoms with Gasteiger partial charge in [-0.05, 0) is 18.8 Å². The molecule has 0 amide bonds. The normalized spacial score (nSPS) is 24.9. The Labute approximate surface area is 104 Å². The first-order valence-electron chi connectivity index (χ1n) is 5.84. The standard InChI is InChI=1S/C12H16F2N2S/c1-7-3-2-4-8(5-7)17-12-10(14)6-9(13)11(15)16-12/h6-8H,2-5H2,1H3,(H2,15,16). The van der Waals surface area contributed by atoms with Gasteiger partial charge in [-0.3, -0.25) is 0 Å². The van der Waals surface area contributed by atoms with Crippen molar-refractivity contribution in [2.24, 2.45) is 5.92 Å². The smallest absolute Gasteiger partial charge is 0.168 e. The molecule has 17 heavy (non-hydrogen) atoms. The molecular weight excluding hydrogens is 242 g/mol. The molecule has 0 bridgehead atoms. The first kappa shape index (κ1) is 12.6. The molecule has 1 fully saturated rings. The van der Waals surface area contributed by atoms with Crippen molar-refractivity contribution in [1.82, 2.24) is 4.98 Å². The zero-order valence-electron chi connectivity index (χ0n) is 9.75. The molecule has 0 spiro atoms. The molecule has 1 saturated carbocycles. The zero-order chi connectivity index (χ0) is 12.4. The second-order valence-corrected chi connectivity index (χ2v) is 5.94. The van der Waals surface area contributed by atoms with Crippen LogP contribution in [0.2, 0.25) is 0 Å². The number of thioether (sulfide) groups is 1. The van der Waals surface area contributed by atoms with Gasteiger partial charge >= 0.3 is 0 Å². The van der Waals surface area contributed by atoms with Gasteiger partial charge in [0.15, 0.2) is 17.5 Å². The van der Waals surface area contributed by atoms with Crippen LogP contribution in [0.1, 0.15) is 32.6 Å². The van der Waals surface area contributed by atoms with Gasteiger partial charge in [-0.1, -0.05) is 31.5 Å². The van der Waals surface area contributed by atoms with Gasteiger partial charge in [0, 0.05) is 11.3 Å². The molecule has 1 aromatic rings. The minimum absolute atomic E-state index is 0.224. The Bertz CT molecular complexity index is 412. The number of nitrogen functional groups attached to an aromatic ring is 1. The summed E-state index contributed by atoms with van der Waals surface area (Å²) in [6.07, 6.45) is 4.52. The summed E-state index contributed by atoms with van der Waals surface area (Å²) in [7, 11) is 0. The van der Waals surface area contributed by atoms with Gasteiger partial charge in [0.1, 0.15) is 5.03 Å². The van der Waals surface area contributed by atoms with Crippen molar-refractivity contribution in [2.45, 2.75) is 42.9 Å². The summed E-state index contributed by atoms with van der Waals surface area (Å²) in [5.41, 5.74) is 5.36. The maximum atomic E-state index is 13.5. The van der Waals surface area contributed by atoms with E-state index in [1.807, 2.05) is 0 Å². The van der Waals surface area contributed by atoms with E-state index in [-0.39, 0.29) is 10.8 Å². The van der Waals surface area contributed by atoms with Crippen LogP contribution < -0.4 is 5.73 Å². The molecule has 2 unspecified atom stereocenters. The molecule has 1 aliphatic carbocycles. The van der Waals surface area contributed by atoms with Crippen LogP contribution in [0.4, 0.5) is 14.6 Å². The average molecular weight is 258 g/mol. The number of rotatable bonds is 2. The van der Waals surface area contributed by atoms with E-state index >= 15 is 0 Å². The topological polar surface area (TPSA) is 38.9 Å². The number of halogens is 2. The van der Waals surface area contributed by atoms with Crippen molar-refractivity contribution in [3.8, 4) is 0 Å². The second kappa shape index (κ2) is 5.21. The third-order valence-electron chi connectivity index (χ3n) is 3.09. The van der Waals surface area contributed by atoms with Gasteiger partial charge in [0.2, 0.25) is 0 Å². The lowest BCUT2D eigenvalue weighted by Gasteiger charge is -2.25. The van der Waals surface area contributed by atoms with Crippen molar-refractivity contribution < 1.29 is 8.78 Å². The molecule has 0 radical (unpaired) electrons. The molecule has 2 atom stereocenters. The Morgan fingerprint density at radius 3 is 2.82 bits per heavy atom. The number of pyridine rings is 1. The van der Waals surface area contributed by atoms with E-state index in [0.29, 0.717) is 11.2 Å². The van der Waals surface area contributed by atoms with Crippen LogP contribution in [-0.4, -0.2) is 10.2 Å². The lowest BCUT2D eigenvalue weighted by atomic mass is 9.91. The van der Waals surface area contributed by atoms with Gasteiger partial charge in [-0.15, -0.1) is 0 Å². The molecule has 2 rings (SSSR count). The summed E-state index contributed by atoms with van der Waals surface area (Å²) in [5, 5.41) is 0.591. The highest BCUT2D eigenvalue weighted by Crippen LogP contribution is 2.36. The van der Waals surface area contributed by atoms with E-state index in [1.165, 1.54) is 18.2 Å². The van der Waals surface area contributed by atoms with Gasteiger partial charge in [0.25, 0.3) is 0 Å². The van der Waals surface area contributed by atoms with E-state index in [4.69, 9.17) is 5.73 Å². The minimum atomic E-state index is -0.788. The molecule has 94 valence electrons. The number of hydrogen-bond acceptors (Lipinski definition) is 3. The third-order valence-corrected chi connectivity index (χ3v) is 4.36. The fourth-order valence-corrected chi connectivity index (χ4v) is 3.54. The van der Waals surface area contributed by atoms with Crippen LogP contribution in [0.5, 0.6) is 0 Å². The van der Waals surface area contributed by atoms with Crippen LogP contribution in [-0.2, 0) is 0 Å². The quantitative estimate of drug-likeness (QED) is 0.880. The van der Waals surface area contributed by atoms with E-state index in [1.54, 1.807) is 0 Å². The SMILES string of the molecule is CC1CCCC(Sc2nc(N)c(F)cc2F)C1. The average Bonchev–Trinajstić information content (AvgIpc) is 2.26. The summed E-state index contributed by atoms with van der Waals surface area (Å²) in [5.74, 6) is -0.955. The van der Waals surface area contributed by atoms with E-state index in [9.17, 15) is 8.78 Å². The minimum Gasteiger partial charge on any atom is -0.381 e. The summed E-state index contributed by atoms with van der Waals surface area (Å²) in [6, 6.07) is 0.816. The summed E-state index contributed by atoms with van der Waals surface area (Å²) >= 11 is 1.38. The molecule has 2 nitrogen and oxygen atoms in total. The maximum absolute atomic E-state index is 13.5. The number of nitrogens with zero attached hydrogens (tertiary/aromatic N) is 1. The molecule has 1 aromatic heterocycles. The van der Waals surface area contributed by atoms with Crippen molar-refractivity contribution in [1.29, 1.82) is 0 Å². The Kier molecular flexibility index (Phi) is 3.86. The predicted molar refractivity (Wildman–Crippen MR) is 65.8 cm³/mol. The van der Waals surface area contributed by atoms with Crippen LogP contribution >= 0.6 is 11.8 Å². The van der Waals surface area contributed by atoms with E-state index in [2.05, 4.69) is 11.9 Å². The molecule has 0 aliphatic heterocycles. The van der Waals surface area contributed by atoms with Gasteiger partial charge in [0.05, 0.1) is 0 Å². The maximum Gasteiger partial charge on any atom is 0.168 e. The Balaban J connectivity index is 2.10. The Morgan fingerprint density at radius 1 is 1.35 bits per heavy atom. The molecule has 0 saturated heterocycles. The van der Waals surface area contributed by atoms with Crippen molar-refractivity contribution in [3.63, 3.8) is 0 Å². The largest absolute Gasteiger partial charge is 0.381 e. The summed E-state index contributed by atoms with van der Waals surface area (Å²) in [4.78, 5) is 3.78. The Hall–Kier alpha value is -0.840. The lowest BCUT2D eigenvalue weighted by molar-refractivity contribution is 0.393. The monoisotopic (exact) mass is 258 g/mol. The van der Waals surface area contributed by atoms with Gasteiger partial charge in [-0.25, -0.2) is 13.8 Å². The second-order valence-electron chi connectivity index (χ2n) is 4.65. The zero-order valence-corrected chi connectivity index (χ0v) is 10.6. The number of hydrogen-bond donors (Lipinski definition) is 1. The fraction of sp³-hybridized carbons (Fsp3) is 0.583. The summed E-state index contributed by atoms with van der Waals surface area (Å²) < 4.78 is 26.5. The fourth-order valence-electron chi connectivity index (χ4n) is 2.19. The van der Waals surface area contributed by atoms with Gasteiger partial charge in [-0.2, -0.15) is 0 Å². The van der Waals surface area contributed by atoms with Crippen LogP contribution in [0, 0.1) is 17.6 Å². The van der Waals surface area contributed by atoms with Crippen molar-refractivity contribution in [2.75, 3.05) is 5.73 Å². The number of nitrogens with two attached hydrogens (primary N) is 1. The number of anilines is 1. The molecule has 5 heteroatoms. The lowest BCUT2D eigenvalue weighted by Crippen LogP contribution is -2.15. The Morgan fingerprint density at radius 2 is 2.12 bits per heavy atom. The summed E-state index contributed by atoms with van der Waals surface area (Å²) in [6.45, 7) is 2.20. The molecule has 1 aliphatic rings. The van der Waals surface area contributed by atoms with Crippen LogP contribution in [0.25, 0.3) is 0 Å². The number of aromatic nitrogens is 1. The molecule has 2 N–H and O–H groups in total. The van der Waals surface area contributed by atoms with Crippen LogP contribution in [0.15, 0.2) is 11.1 Å².